The summed E-state index contributed by atoms with van der Waals surface area (Å²) in [4.78, 5) is 36.0. The summed E-state index contributed by atoms with van der Waals surface area (Å²) in [5.74, 6) is -1.24. The summed E-state index contributed by atoms with van der Waals surface area (Å²) in [7, 11) is 1.64. The minimum Gasteiger partial charge on any atom is -0.451 e. The summed E-state index contributed by atoms with van der Waals surface area (Å²) in [6.07, 6.45) is 2.23. The molecule has 0 fully saturated rings. The molecule has 0 aliphatic carbocycles. The van der Waals surface area contributed by atoms with Crippen LogP contribution in [0.2, 0.25) is 0 Å². The maximum Gasteiger partial charge on any atom is 0.355 e. The maximum absolute atomic E-state index is 12.3. The number of anilines is 1. The molecule has 1 N–H and O–H groups in total. The normalized spacial score (nSPS) is 10.4. The number of carbonyl (C=O) groups is 3. The van der Waals surface area contributed by atoms with Crippen molar-refractivity contribution in [3.8, 4) is 0 Å². The van der Waals surface area contributed by atoms with E-state index in [1.807, 2.05) is 54.6 Å². The van der Waals surface area contributed by atoms with Crippen molar-refractivity contribution in [3.63, 3.8) is 0 Å². The topological polar surface area (TPSA) is 77.4 Å². The number of para-hydroxylation sites is 1. The fourth-order valence-electron chi connectivity index (χ4n) is 2.96. The number of nitrogens with zero attached hydrogens (tertiary/aromatic N) is 1. The van der Waals surface area contributed by atoms with Crippen LogP contribution < -0.4 is 5.32 Å². The van der Waals surface area contributed by atoms with Gasteiger partial charge in [-0.2, -0.15) is 0 Å². The third-order valence-electron chi connectivity index (χ3n) is 4.48. The number of ketones is 1. The molecule has 0 saturated carbocycles. The number of Topliss-reactive ketones (excluding diaryl/α,β-unsaturated/α-hetero) is 1. The van der Waals surface area contributed by atoms with Crippen molar-refractivity contribution in [3.05, 3.63) is 89.2 Å². The van der Waals surface area contributed by atoms with E-state index in [1.165, 1.54) is 17.6 Å². The number of rotatable bonds is 7. The van der Waals surface area contributed by atoms with Gasteiger partial charge in [0.2, 0.25) is 0 Å². The number of aryl methyl sites for hydroxylation is 1. The Morgan fingerprint density at radius 3 is 2.38 bits per heavy atom. The lowest BCUT2D eigenvalue weighted by molar-refractivity contribution is -0.119. The average molecular weight is 390 g/mol. The Morgan fingerprint density at radius 2 is 1.69 bits per heavy atom. The van der Waals surface area contributed by atoms with Crippen LogP contribution in [0, 0.1) is 0 Å². The highest BCUT2D eigenvalue weighted by molar-refractivity contribution is 5.99. The van der Waals surface area contributed by atoms with E-state index in [0.29, 0.717) is 17.7 Å². The molecule has 6 nitrogen and oxygen atoms in total. The van der Waals surface area contributed by atoms with E-state index < -0.39 is 18.5 Å². The standard InChI is InChI=1S/C23H22N2O4/c1-16(26)19-13-21(25(2)14-19)23(28)29-15-22(27)24-20-11-7-6-10-18(20)12-17-8-4-3-5-9-17/h3-11,13-14H,12,15H2,1-2H3,(H,24,27). The highest BCUT2D eigenvalue weighted by atomic mass is 16.5. The first-order valence-corrected chi connectivity index (χ1v) is 9.20. The molecule has 29 heavy (non-hydrogen) atoms. The van der Waals surface area contributed by atoms with E-state index >= 15 is 0 Å². The summed E-state index contributed by atoms with van der Waals surface area (Å²) >= 11 is 0. The monoisotopic (exact) mass is 390 g/mol. The number of esters is 1. The van der Waals surface area contributed by atoms with Crippen LogP contribution in [-0.2, 0) is 23.0 Å². The predicted octanol–water partition coefficient (Wildman–Crippen LogP) is 3.61. The first kappa shape index (κ1) is 20.1. The molecule has 1 amide bonds. The lowest BCUT2D eigenvalue weighted by atomic mass is 10.0. The lowest BCUT2D eigenvalue weighted by Gasteiger charge is -2.11. The second-order valence-electron chi connectivity index (χ2n) is 6.72. The van der Waals surface area contributed by atoms with Crippen LogP contribution in [-0.4, -0.2) is 28.8 Å². The third-order valence-corrected chi connectivity index (χ3v) is 4.48. The largest absolute Gasteiger partial charge is 0.451 e. The van der Waals surface area contributed by atoms with Gasteiger partial charge in [-0.15, -0.1) is 0 Å². The smallest absolute Gasteiger partial charge is 0.355 e. The van der Waals surface area contributed by atoms with E-state index in [-0.39, 0.29) is 11.5 Å². The molecule has 148 valence electrons. The van der Waals surface area contributed by atoms with Gasteiger partial charge >= 0.3 is 5.97 Å². The highest BCUT2D eigenvalue weighted by Crippen LogP contribution is 2.19. The average Bonchev–Trinajstić information content (AvgIpc) is 3.11. The first-order chi connectivity index (χ1) is 13.9. The van der Waals surface area contributed by atoms with Crippen molar-refractivity contribution in [2.24, 2.45) is 7.05 Å². The van der Waals surface area contributed by atoms with Gasteiger partial charge in [-0.3, -0.25) is 9.59 Å². The Hall–Kier alpha value is -3.67. The van der Waals surface area contributed by atoms with E-state index in [1.54, 1.807) is 13.2 Å². The Bertz CT molecular complexity index is 1040. The zero-order chi connectivity index (χ0) is 20.8. The van der Waals surface area contributed by atoms with E-state index in [9.17, 15) is 14.4 Å². The molecule has 0 bridgehead atoms. The van der Waals surface area contributed by atoms with Crippen molar-refractivity contribution in [2.75, 3.05) is 11.9 Å². The number of aromatic nitrogens is 1. The fourth-order valence-corrected chi connectivity index (χ4v) is 2.96. The Balaban J connectivity index is 1.61. The molecule has 1 aromatic heterocycles. The minimum atomic E-state index is -0.660. The van der Waals surface area contributed by atoms with Crippen LogP contribution >= 0.6 is 0 Å². The van der Waals surface area contributed by atoms with Crippen molar-refractivity contribution >= 4 is 23.3 Å². The maximum atomic E-state index is 12.3. The van der Waals surface area contributed by atoms with Crippen molar-refractivity contribution < 1.29 is 19.1 Å². The molecule has 3 rings (SSSR count). The van der Waals surface area contributed by atoms with E-state index in [2.05, 4.69) is 5.32 Å². The van der Waals surface area contributed by atoms with E-state index in [4.69, 9.17) is 4.74 Å². The Morgan fingerprint density at radius 1 is 1.00 bits per heavy atom. The summed E-state index contributed by atoms with van der Waals surface area (Å²) in [6.45, 7) is 1.00. The Labute approximate surface area is 169 Å². The van der Waals surface area contributed by atoms with Gasteiger partial charge < -0.3 is 14.6 Å². The minimum absolute atomic E-state index is 0.146. The number of benzene rings is 2. The van der Waals surface area contributed by atoms with Crippen LogP contribution in [0.5, 0.6) is 0 Å². The molecule has 0 atom stereocenters. The molecule has 0 radical (unpaired) electrons. The molecular formula is C23H22N2O4. The fraction of sp³-hybridized carbons (Fsp3) is 0.174. The van der Waals surface area contributed by atoms with Crippen molar-refractivity contribution in [1.29, 1.82) is 0 Å². The molecule has 0 aliphatic rings. The van der Waals surface area contributed by atoms with Gasteiger partial charge in [0.15, 0.2) is 12.4 Å². The Kier molecular flexibility index (Phi) is 6.24. The lowest BCUT2D eigenvalue weighted by Crippen LogP contribution is -2.22. The van der Waals surface area contributed by atoms with Gasteiger partial charge in [0, 0.05) is 24.5 Å². The van der Waals surface area contributed by atoms with Crippen molar-refractivity contribution in [2.45, 2.75) is 13.3 Å². The second-order valence-corrected chi connectivity index (χ2v) is 6.72. The number of amides is 1. The summed E-state index contributed by atoms with van der Waals surface area (Å²) in [5.41, 5.74) is 3.40. The molecule has 0 unspecified atom stereocenters. The van der Waals surface area contributed by atoms with Crippen LogP contribution in [0.15, 0.2) is 66.9 Å². The van der Waals surface area contributed by atoms with Gasteiger partial charge in [0.05, 0.1) is 0 Å². The molecule has 3 aromatic rings. The molecule has 6 heteroatoms. The molecule has 0 saturated heterocycles. The van der Waals surface area contributed by atoms with Gasteiger partial charge in [-0.25, -0.2) is 4.79 Å². The first-order valence-electron chi connectivity index (χ1n) is 9.20. The SMILES string of the molecule is CC(=O)c1cc(C(=O)OCC(=O)Nc2ccccc2Cc2ccccc2)n(C)c1. The van der Waals surface area contributed by atoms with E-state index in [0.717, 1.165) is 11.1 Å². The molecule has 0 spiro atoms. The molecular weight excluding hydrogens is 368 g/mol. The quantitative estimate of drug-likeness (QED) is 0.494. The second kappa shape index (κ2) is 9.01. The third kappa shape index (κ3) is 5.19. The van der Waals surface area contributed by atoms with Gasteiger partial charge in [-0.1, -0.05) is 48.5 Å². The van der Waals surface area contributed by atoms with Gasteiger partial charge in [0.25, 0.3) is 5.91 Å². The summed E-state index contributed by atoms with van der Waals surface area (Å²) in [5, 5.41) is 2.80. The predicted molar refractivity (Wildman–Crippen MR) is 110 cm³/mol. The zero-order valence-corrected chi connectivity index (χ0v) is 16.3. The van der Waals surface area contributed by atoms with Gasteiger partial charge in [-0.05, 0) is 36.6 Å². The number of carbonyl (C=O) groups excluding carboxylic acids is 3. The number of nitrogens with one attached hydrogen (secondary N) is 1. The summed E-state index contributed by atoms with van der Waals surface area (Å²) in [6, 6.07) is 18.9. The number of hydrogen-bond acceptors (Lipinski definition) is 4. The van der Waals surface area contributed by atoms with Crippen LogP contribution in [0.4, 0.5) is 5.69 Å². The van der Waals surface area contributed by atoms with Crippen LogP contribution in [0.25, 0.3) is 0 Å². The van der Waals surface area contributed by atoms with Gasteiger partial charge in [0.1, 0.15) is 5.69 Å². The number of hydrogen-bond donors (Lipinski definition) is 1. The zero-order valence-electron chi connectivity index (χ0n) is 16.3. The molecule has 1 heterocycles. The van der Waals surface area contributed by atoms with Crippen molar-refractivity contribution in [1.82, 2.24) is 4.57 Å². The molecule has 0 aliphatic heterocycles. The molecule has 2 aromatic carbocycles. The van der Waals surface area contributed by atoms with Crippen LogP contribution in [0.1, 0.15) is 38.9 Å². The van der Waals surface area contributed by atoms with Crippen LogP contribution in [0.3, 0.4) is 0 Å². The highest BCUT2D eigenvalue weighted by Gasteiger charge is 2.17. The number of ether oxygens (including phenoxy) is 1. The summed E-state index contributed by atoms with van der Waals surface area (Å²) < 4.78 is 6.62.